The van der Waals surface area contributed by atoms with Crippen molar-refractivity contribution in [1.82, 2.24) is 10.9 Å². The minimum Gasteiger partial charge on any atom is -0.458 e. The summed E-state index contributed by atoms with van der Waals surface area (Å²) in [5.74, 6) is 9.11. The second-order valence-electron chi connectivity index (χ2n) is 25.3. The van der Waals surface area contributed by atoms with Crippen LogP contribution in [0.1, 0.15) is 160 Å². The van der Waals surface area contributed by atoms with E-state index in [-0.39, 0.29) is 66.5 Å². The Balaban J connectivity index is 1.11. The van der Waals surface area contributed by atoms with Crippen molar-refractivity contribution >= 4 is 33.5 Å². The van der Waals surface area contributed by atoms with Crippen LogP contribution in [0.4, 0.5) is 0 Å². The summed E-state index contributed by atoms with van der Waals surface area (Å²) in [4.78, 5) is 29.4. The van der Waals surface area contributed by atoms with Crippen LogP contribution in [0.15, 0.2) is 72.3 Å². The number of hydrogen-bond donors (Lipinski definition) is 5. The Morgan fingerprint density at radius 3 is 2.31 bits per heavy atom. The van der Waals surface area contributed by atoms with E-state index in [0.29, 0.717) is 50.9 Å². The molecule has 15 atom stereocenters. The van der Waals surface area contributed by atoms with Crippen LogP contribution >= 0.6 is 21.6 Å². The number of esters is 2. The van der Waals surface area contributed by atoms with Gasteiger partial charge in [0.1, 0.15) is 6.61 Å². The Morgan fingerprint density at radius 2 is 1.54 bits per heavy atom. The van der Waals surface area contributed by atoms with E-state index in [4.69, 9.17) is 9.47 Å². The first-order valence-corrected chi connectivity index (χ1v) is 30.7. The molecule has 5 aliphatic carbocycles. The molecule has 2 spiro atoms. The lowest BCUT2D eigenvalue weighted by molar-refractivity contribution is -0.363. The summed E-state index contributed by atoms with van der Waals surface area (Å²) in [6.45, 7) is 6.85. The second kappa shape index (κ2) is 20.0. The van der Waals surface area contributed by atoms with Gasteiger partial charge >= 0.3 is 11.9 Å². The van der Waals surface area contributed by atoms with Crippen molar-refractivity contribution < 1.29 is 34.4 Å². The highest BCUT2D eigenvalue weighted by Gasteiger charge is 2.83. The van der Waals surface area contributed by atoms with Gasteiger partial charge in [-0.05, 0) is 160 Å². The van der Waals surface area contributed by atoms with Gasteiger partial charge in [0.05, 0.1) is 34.1 Å². The molecule has 7 fully saturated rings. The molecule has 72 heavy (non-hydrogen) atoms. The molecule has 2 saturated heterocycles. The van der Waals surface area contributed by atoms with Crippen molar-refractivity contribution in [3.8, 4) is 11.8 Å². The molecular formula is C61H82N2O7S2. The molecule has 5 saturated carbocycles. The number of cyclic esters (lactones) is 1. The molecular weight excluding hydrogens is 937 g/mol. The minimum absolute atomic E-state index is 0.00340. The highest BCUT2D eigenvalue weighted by molar-refractivity contribution is 8.76. The number of rotatable bonds is 7. The highest BCUT2D eigenvalue weighted by atomic mass is 33.1. The molecule has 0 amide bonds. The Labute approximate surface area is 437 Å². The normalized spacial score (nSPS) is 44.0. The van der Waals surface area contributed by atoms with E-state index in [1.807, 2.05) is 28.5 Å². The fraction of sp³-hybridized carbons (Fsp3) is 0.705. The van der Waals surface area contributed by atoms with Crippen LogP contribution < -0.4 is 10.9 Å². The number of nitrogens with one attached hydrogen (secondary N) is 2. The Morgan fingerprint density at radius 1 is 0.806 bits per heavy atom. The van der Waals surface area contributed by atoms with Crippen molar-refractivity contribution in [2.24, 2.45) is 57.2 Å². The molecule has 4 heterocycles. The smallest absolute Gasteiger partial charge is 0.331 e. The molecule has 0 aromatic heterocycles. The van der Waals surface area contributed by atoms with Gasteiger partial charge in [-0.1, -0.05) is 128 Å². The van der Waals surface area contributed by atoms with Gasteiger partial charge in [-0.3, -0.25) is 10.2 Å². The van der Waals surface area contributed by atoms with Crippen molar-refractivity contribution in [3.63, 3.8) is 0 Å². The van der Waals surface area contributed by atoms with Gasteiger partial charge in [0.2, 0.25) is 0 Å². The predicted octanol–water partition coefficient (Wildman–Crippen LogP) is 10.8. The molecule has 390 valence electrons. The van der Waals surface area contributed by atoms with Crippen LogP contribution in [0.3, 0.4) is 0 Å². The third-order valence-electron chi connectivity index (χ3n) is 21.5. The lowest BCUT2D eigenvalue weighted by Gasteiger charge is -2.73. The molecule has 4 bridgehead atoms. The zero-order valence-electron chi connectivity index (χ0n) is 43.3. The lowest BCUT2D eigenvalue weighted by Crippen LogP contribution is -2.84. The van der Waals surface area contributed by atoms with E-state index in [1.54, 1.807) is 6.08 Å². The number of benzene rings is 2. The van der Waals surface area contributed by atoms with E-state index in [1.165, 1.54) is 30.4 Å². The molecule has 2 aromatic rings. The summed E-state index contributed by atoms with van der Waals surface area (Å²) in [6.07, 6.45) is 15.6. The van der Waals surface area contributed by atoms with Crippen molar-refractivity contribution in [1.29, 1.82) is 0 Å². The third-order valence-corrected chi connectivity index (χ3v) is 24.2. The molecule has 9 aliphatic rings. The standard InChI is InChI=1S/C61H82N2O7S2/c1-41-21-24-50(64)61-51(65)26-31-56(3)48-19-13-20-49(48)62-63-59(53(56)61)40-55(2,60(61,68)32-25-43-35-52(66)69-37-43)27-14-30-58(54(67)70-59)36-46(57(28-11-6-12-29-57)45-17-9-5-10-18-45)22-23-47(58)39-72-71-38-44(33-41)34-42-15-7-4-8-16-42/h4-5,7-10,15-18,35,41,44,46-51,53,62-65,68H,6,11-13,19-26,28-34,36-40H2,1-3H3. The lowest BCUT2D eigenvalue weighted by atomic mass is 9.34. The summed E-state index contributed by atoms with van der Waals surface area (Å²) in [7, 11) is 3.89. The molecule has 11 heteroatoms. The maximum atomic E-state index is 16.8. The second-order valence-corrected chi connectivity index (χ2v) is 27.9. The number of fused-ring (bicyclic) bond motifs is 4. The minimum atomic E-state index is -1.79. The maximum Gasteiger partial charge on any atom is 0.331 e. The monoisotopic (exact) mass is 1020 g/mol. The maximum absolute atomic E-state index is 16.8. The van der Waals surface area contributed by atoms with Gasteiger partial charge in [-0.15, -0.1) is 5.92 Å². The van der Waals surface area contributed by atoms with E-state index in [9.17, 15) is 20.1 Å². The van der Waals surface area contributed by atoms with Gasteiger partial charge in [0.25, 0.3) is 0 Å². The zero-order valence-corrected chi connectivity index (χ0v) is 44.9. The number of hydrogen-bond acceptors (Lipinski definition) is 11. The van der Waals surface area contributed by atoms with Crippen LogP contribution in [0.25, 0.3) is 0 Å². The van der Waals surface area contributed by atoms with Gasteiger partial charge in [-0.25, -0.2) is 10.2 Å². The Bertz CT molecular complexity index is 2410. The first-order chi connectivity index (χ1) is 34.7. The highest BCUT2D eigenvalue weighted by Crippen LogP contribution is 2.75. The van der Waals surface area contributed by atoms with Gasteiger partial charge in [0, 0.05) is 42.4 Å². The van der Waals surface area contributed by atoms with Crippen LogP contribution in [-0.4, -0.2) is 74.9 Å². The Kier molecular flexibility index (Phi) is 14.2. The first kappa shape index (κ1) is 51.3. The largest absolute Gasteiger partial charge is 0.458 e. The van der Waals surface area contributed by atoms with Crippen LogP contribution in [-0.2, 0) is 30.9 Å². The van der Waals surface area contributed by atoms with Gasteiger partial charge in [0.15, 0.2) is 5.72 Å². The Hall–Kier alpha value is -2.82. The van der Waals surface area contributed by atoms with Crippen LogP contribution in [0.5, 0.6) is 0 Å². The fourth-order valence-electron chi connectivity index (χ4n) is 18.2. The summed E-state index contributed by atoms with van der Waals surface area (Å²) in [6, 6.07) is 22.1. The van der Waals surface area contributed by atoms with Crippen molar-refractivity contribution in [2.45, 2.75) is 191 Å². The quantitative estimate of drug-likeness (QED) is 0.103. The van der Waals surface area contributed by atoms with E-state index in [2.05, 4.69) is 97.2 Å². The number of hydrazine groups is 1. The first-order valence-electron chi connectivity index (χ1n) is 28.3. The SMILES string of the molecule is CC1CCC(O)C23C(O)CCC4(C)C5CCCC5NNC5(CC(C)(C#CCC6(CC(C7(c8ccccc8)CCCCC7)CCC6CSSCC(Cc6ccccc6)C1)C(=O)O5)C2(O)CCC1=CC(=O)OC1)C43. The van der Waals surface area contributed by atoms with Crippen LogP contribution in [0, 0.1) is 69.0 Å². The van der Waals surface area contributed by atoms with E-state index in [0.717, 1.165) is 74.9 Å². The topological polar surface area (TPSA) is 137 Å². The number of carbonyl (C=O) groups is 2. The van der Waals surface area contributed by atoms with Crippen LogP contribution in [0.2, 0.25) is 0 Å². The summed E-state index contributed by atoms with van der Waals surface area (Å²) in [5.41, 5.74) is 3.54. The number of carbonyl (C=O) groups excluding carboxylic acids is 2. The fourth-order valence-corrected chi connectivity index (χ4v) is 21.2. The molecule has 11 rings (SSSR count). The molecule has 5 N–H and O–H groups in total. The zero-order chi connectivity index (χ0) is 50.0. The summed E-state index contributed by atoms with van der Waals surface area (Å²) < 4.78 is 13.2. The van der Waals surface area contributed by atoms with E-state index >= 15 is 4.79 Å². The van der Waals surface area contributed by atoms with Gasteiger partial charge < -0.3 is 24.8 Å². The molecule has 2 aromatic carbocycles. The molecule has 9 nitrogen and oxygen atoms in total. The molecule has 0 radical (unpaired) electrons. The molecule has 15 unspecified atom stereocenters. The summed E-state index contributed by atoms with van der Waals surface area (Å²) in [5, 5.41) is 42.1. The number of ether oxygens (including phenoxy) is 2. The van der Waals surface area contributed by atoms with E-state index < -0.39 is 51.1 Å². The van der Waals surface area contributed by atoms with Crippen molar-refractivity contribution in [3.05, 3.63) is 83.4 Å². The number of aliphatic hydroxyl groups excluding tert-OH is 2. The predicted molar refractivity (Wildman–Crippen MR) is 286 cm³/mol. The van der Waals surface area contributed by atoms with Gasteiger partial charge in [-0.2, -0.15) is 0 Å². The summed E-state index contributed by atoms with van der Waals surface area (Å²) >= 11 is 0. The average molecular weight is 1020 g/mol. The molecule has 4 aliphatic heterocycles. The number of aliphatic hydroxyl groups is 3. The third kappa shape index (κ3) is 8.40. The average Bonchev–Trinajstić information content (AvgIpc) is 4.04. The van der Waals surface area contributed by atoms with Crippen molar-refractivity contribution in [2.75, 3.05) is 18.1 Å².